The molecule has 0 bridgehead atoms. The molecular formula is C93H67NO18P4. The minimum Gasteiger partial charge on any atom is -0.508 e. The maximum Gasteiger partial charge on any atom is 0.311 e. The molecule has 15 aromatic rings. The molecule has 5 aliphatic rings. The van der Waals surface area contributed by atoms with Crippen molar-refractivity contribution in [3.63, 3.8) is 0 Å². The van der Waals surface area contributed by atoms with Gasteiger partial charge in [0.1, 0.15) is 79.8 Å². The molecule has 0 radical (unpaired) electrons. The number of hydrogen-bond acceptors (Lipinski definition) is 18. The number of rotatable bonds is 8. The fourth-order valence-electron chi connectivity index (χ4n) is 15.7. The van der Waals surface area contributed by atoms with Crippen LogP contribution in [0.1, 0.15) is 23.1 Å². The van der Waals surface area contributed by atoms with Gasteiger partial charge in [-0.3, -0.25) is 27.8 Å². The molecule has 1 fully saturated rings. The van der Waals surface area contributed by atoms with E-state index in [0.29, 0.717) is 77.4 Å². The highest BCUT2D eigenvalue weighted by molar-refractivity contribution is 7.76. The van der Waals surface area contributed by atoms with E-state index in [1.54, 1.807) is 164 Å². The zero-order chi connectivity index (χ0) is 80.4. The van der Waals surface area contributed by atoms with Crippen LogP contribution >= 0.6 is 29.5 Å². The van der Waals surface area contributed by atoms with Gasteiger partial charge in [0, 0.05) is 39.4 Å². The lowest BCUT2D eigenvalue weighted by Gasteiger charge is -2.44. The van der Waals surface area contributed by atoms with Gasteiger partial charge in [0.25, 0.3) is 14.7 Å². The van der Waals surface area contributed by atoms with E-state index in [4.69, 9.17) is 18.1 Å². The molecule has 572 valence electrons. The summed E-state index contributed by atoms with van der Waals surface area (Å²) in [5.41, 5.74) is 7.64. The molecule has 0 spiro atoms. The lowest BCUT2D eigenvalue weighted by Crippen LogP contribution is -2.37. The van der Waals surface area contributed by atoms with Gasteiger partial charge < -0.3 is 58.9 Å². The van der Waals surface area contributed by atoms with E-state index in [9.17, 15) is 64.1 Å². The standard InChI is InChI=1S/C31H23O5P.C22H16NO5P.C22H15O4P.C18H13O4P/c32-24-15-9-21(10-16-24)31(22-11-17-25(33)18-12-22,23-13-19-26(34)20-14-23)37(35)30-8-4-2-6-28(30)27-5-1-3-7-29(27)36-37;24-15-11-9-14(10-12-15)23-21(25)13-20(22(23)26)29(27)19-8-4-2-6-17(19)16-5-1-3-7-18(16)28-29;23-18-13-21(22(24)17-10-2-1-7-14(17)18)27(25)20-12-6-4-9-16(20)15-8-3-5-11-19(15)26-27;19-12-9-10-15(20)18(11-12)23(21)17-8-4-2-6-14(17)13-5-1-3-7-16(13)22-23/h1-20,32-34H;1-12,20,24H,13H2;1-13,23-24H;1-11,19-20H. The molecule has 2 amide bonds. The molecule has 0 saturated carbocycles. The van der Waals surface area contributed by atoms with Crippen molar-refractivity contribution >= 4 is 89.6 Å². The third kappa shape index (κ3) is 12.7. The number of hydrogen-bond donors (Lipinski definition) is 8. The molecular weight excluding hydrogens is 1540 g/mol. The fourth-order valence-corrected chi connectivity index (χ4v) is 26.4. The number of phenols is 8. The SMILES string of the molecule is O=C1CC(P2(=O)Oc3ccccc3-c3ccccc32)C(=O)N1c1ccc(O)cc1.O=P1(C(c2ccc(O)cc2)(c2ccc(O)cc2)c2ccc(O)cc2)Oc2ccccc2-c2ccccc21.O=P1(c2cc(O)c3ccccc3c2O)Oc2ccccc2-c2ccccc21.O=P1(c2cc(O)ccc2O)Oc2ccccc2-c2ccccc21. The van der Waals surface area contributed by atoms with Crippen LogP contribution in [0.4, 0.5) is 5.69 Å². The van der Waals surface area contributed by atoms with Crippen molar-refractivity contribution < 1.29 is 86.8 Å². The highest BCUT2D eigenvalue weighted by Gasteiger charge is 2.59. The van der Waals surface area contributed by atoms with Crippen molar-refractivity contribution in [3.8, 4) is 114 Å². The van der Waals surface area contributed by atoms with E-state index in [0.717, 1.165) is 49.4 Å². The maximum atomic E-state index is 15.9. The van der Waals surface area contributed by atoms with Crippen LogP contribution < -0.4 is 54.8 Å². The van der Waals surface area contributed by atoms with Gasteiger partial charge in [-0.2, -0.15) is 0 Å². The lowest BCUT2D eigenvalue weighted by atomic mass is 9.83. The van der Waals surface area contributed by atoms with Crippen LogP contribution in [-0.2, 0) is 33.0 Å². The summed E-state index contributed by atoms with van der Waals surface area (Å²) < 4.78 is 82.3. The summed E-state index contributed by atoms with van der Waals surface area (Å²) in [6.07, 6.45) is -0.201. The number of amides is 2. The van der Waals surface area contributed by atoms with Gasteiger partial charge in [0.2, 0.25) is 11.8 Å². The number of phenolic OH excluding ortho intramolecular Hbond substituents is 8. The molecule has 5 aliphatic heterocycles. The summed E-state index contributed by atoms with van der Waals surface area (Å²) in [4.78, 5) is 26.9. The first-order valence-corrected chi connectivity index (χ1v) is 43.1. The van der Waals surface area contributed by atoms with Crippen molar-refractivity contribution in [3.05, 3.63) is 356 Å². The second-order valence-corrected chi connectivity index (χ2v) is 37.2. The molecule has 19 nitrogen and oxygen atoms in total. The van der Waals surface area contributed by atoms with E-state index >= 15 is 4.57 Å². The Kier molecular flexibility index (Phi) is 19.1. The highest BCUT2D eigenvalue weighted by atomic mass is 31.2. The van der Waals surface area contributed by atoms with Crippen molar-refractivity contribution in [1.29, 1.82) is 0 Å². The Morgan fingerprint density at radius 2 is 0.647 bits per heavy atom. The van der Waals surface area contributed by atoms with E-state index < -0.39 is 52.1 Å². The van der Waals surface area contributed by atoms with Crippen molar-refractivity contribution in [1.82, 2.24) is 0 Å². The third-order valence-corrected chi connectivity index (χ3v) is 31.8. The Labute approximate surface area is 664 Å². The number of fused-ring (bicyclic) bond motifs is 13. The molecule has 5 atom stereocenters. The second-order valence-electron chi connectivity index (χ2n) is 27.8. The van der Waals surface area contributed by atoms with Gasteiger partial charge in [-0.15, -0.1) is 0 Å². The van der Waals surface area contributed by atoms with Crippen LogP contribution in [0, 0.1) is 0 Å². The van der Waals surface area contributed by atoms with Gasteiger partial charge in [-0.1, -0.05) is 206 Å². The first-order valence-electron chi connectivity index (χ1n) is 36.6. The van der Waals surface area contributed by atoms with E-state index in [-0.39, 0.29) is 63.0 Å². The molecule has 8 N–H and O–H groups in total. The first-order chi connectivity index (χ1) is 56.1. The Morgan fingerprint density at radius 3 is 1.11 bits per heavy atom. The second kappa shape index (κ2) is 29.6. The summed E-state index contributed by atoms with van der Waals surface area (Å²) in [6.45, 7) is 0. The monoisotopic (exact) mass is 1610 g/mol. The number of carbonyl (C=O) groups excluding carboxylic acids is 2. The summed E-state index contributed by atoms with van der Waals surface area (Å²) in [5, 5.41) is 82.9. The molecule has 5 unspecified atom stereocenters. The molecule has 0 aliphatic carbocycles. The first kappa shape index (κ1) is 74.9. The molecule has 20 rings (SSSR count). The zero-order valence-corrected chi connectivity index (χ0v) is 64.6. The van der Waals surface area contributed by atoms with Gasteiger partial charge in [-0.25, -0.2) is 4.90 Å². The Balaban J connectivity index is 0.000000113. The number of anilines is 1. The third-order valence-electron chi connectivity index (χ3n) is 21.0. The van der Waals surface area contributed by atoms with E-state index in [2.05, 4.69) is 0 Å². The number of aromatic hydroxyl groups is 8. The number of nitrogens with zero attached hydrogens (tertiary/aromatic N) is 1. The van der Waals surface area contributed by atoms with Gasteiger partial charge in [-0.05, 0) is 172 Å². The predicted molar refractivity (Wildman–Crippen MR) is 449 cm³/mol. The fraction of sp³-hybridized carbons (Fsp3) is 0.0323. The van der Waals surface area contributed by atoms with Crippen molar-refractivity contribution in [2.24, 2.45) is 0 Å². The van der Waals surface area contributed by atoms with Gasteiger partial charge >= 0.3 is 14.7 Å². The van der Waals surface area contributed by atoms with Crippen LogP contribution in [0.15, 0.2) is 340 Å². The molecule has 116 heavy (non-hydrogen) atoms. The Hall–Kier alpha value is -13.8. The Morgan fingerprint density at radius 1 is 0.302 bits per heavy atom. The zero-order valence-electron chi connectivity index (χ0n) is 61.0. The van der Waals surface area contributed by atoms with Gasteiger partial charge in [0.05, 0.1) is 37.5 Å². The summed E-state index contributed by atoms with van der Waals surface area (Å²) in [5.74, 6) is 0.750. The maximum absolute atomic E-state index is 15.9. The predicted octanol–water partition coefficient (Wildman–Crippen LogP) is 18.4. The minimum atomic E-state index is -3.93. The summed E-state index contributed by atoms with van der Waals surface area (Å²) in [7, 11) is -14.9. The number of carbonyl (C=O) groups is 2. The average Bonchev–Trinajstić information content (AvgIpc) is 0.786. The minimum absolute atomic E-state index is 0.0262. The number of para-hydroxylation sites is 4. The molecule has 23 heteroatoms. The van der Waals surface area contributed by atoms with Crippen LogP contribution in [0.2, 0.25) is 0 Å². The van der Waals surface area contributed by atoms with Crippen LogP contribution in [0.25, 0.3) is 55.3 Å². The number of imide groups is 1. The number of benzene rings is 15. The van der Waals surface area contributed by atoms with E-state index in [1.807, 2.05) is 127 Å². The molecule has 5 heterocycles. The van der Waals surface area contributed by atoms with Crippen LogP contribution in [-0.4, -0.2) is 58.3 Å². The van der Waals surface area contributed by atoms with Crippen LogP contribution in [0.5, 0.6) is 69.0 Å². The average molecular weight is 1610 g/mol. The molecule has 0 aromatic heterocycles. The normalized spacial score (nSPS) is 18.7. The quantitative estimate of drug-likeness (QED) is 0.0303. The largest absolute Gasteiger partial charge is 0.508 e. The lowest BCUT2D eigenvalue weighted by molar-refractivity contribution is -0.121. The molecule has 15 aromatic carbocycles. The highest BCUT2D eigenvalue weighted by Crippen LogP contribution is 2.72. The summed E-state index contributed by atoms with van der Waals surface area (Å²) >= 11 is 0. The topological polar surface area (TPSA) is 304 Å². The summed E-state index contributed by atoms with van der Waals surface area (Å²) in [6, 6.07) is 96.5. The van der Waals surface area contributed by atoms with Crippen molar-refractivity contribution in [2.45, 2.75) is 17.2 Å². The van der Waals surface area contributed by atoms with Crippen molar-refractivity contribution in [2.75, 3.05) is 4.90 Å². The Bertz CT molecular complexity index is 6550. The van der Waals surface area contributed by atoms with Gasteiger partial charge in [0.15, 0.2) is 0 Å². The smallest absolute Gasteiger partial charge is 0.311 e. The van der Waals surface area contributed by atoms with E-state index in [1.165, 1.54) is 48.5 Å². The van der Waals surface area contributed by atoms with Crippen LogP contribution in [0.3, 0.4) is 0 Å². The molecule has 1 saturated heterocycles.